The first-order valence-corrected chi connectivity index (χ1v) is 5.83. The van der Waals surface area contributed by atoms with Crippen molar-refractivity contribution >= 4 is 21.6 Å². The van der Waals surface area contributed by atoms with E-state index in [4.69, 9.17) is 5.41 Å². The minimum atomic E-state index is -3.74. The third-order valence-electron chi connectivity index (χ3n) is 1.61. The van der Waals surface area contributed by atoms with Gasteiger partial charge in [0.2, 0.25) is 10.0 Å². The maximum Gasteiger partial charge on any atom is 0.229 e. The van der Waals surface area contributed by atoms with E-state index in [2.05, 4.69) is 0 Å². The molecule has 0 aromatic heterocycles. The van der Waals surface area contributed by atoms with Crippen LogP contribution in [0, 0.1) is 17.0 Å². The maximum atomic E-state index is 13.4. The highest BCUT2D eigenvalue weighted by molar-refractivity contribution is 7.92. The minimum absolute atomic E-state index is 0.570. The van der Waals surface area contributed by atoms with E-state index in [-0.39, 0.29) is 0 Å². The molecule has 0 unspecified atom stereocenters. The molecule has 0 heterocycles. The number of nitrogens with one attached hydrogen (secondary N) is 2. The number of rotatable bonds is 3. The van der Waals surface area contributed by atoms with Crippen molar-refractivity contribution in [2.45, 2.75) is 0 Å². The molecule has 0 amide bonds. The van der Waals surface area contributed by atoms with Gasteiger partial charge in [0, 0.05) is 0 Å². The molecule has 1 rings (SSSR count). The summed E-state index contributed by atoms with van der Waals surface area (Å²) in [6.45, 7) is 0. The van der Waals surface area contributed by atoms with Crippen molar-refractivity contribution in [2.75, 3.05) is 11.0 Å². The Morgan fingerprint density at radius 2 is 2.00 bits per heavy atom. The summed E-state index contributed by atoms with van der Waals surface area (Å²) in [5.41, 5.74) is -1.66. The van der Waals surface area contributed by atoms with Crippen molar-refractivity contribution in [1.29, 1.82) is 5.41 Å². The third kappa shape index (κ3) is 2.66. The van der Waals surface area contributed by atoms with Crippen molar-refractivity contribution in [3.8, 4) is 0 Å². The molecule has 16 heavy (non-hydrogen) atoms. The molecular formula is C8H7F2N2O3S-. The monoisotopic (exact) mass is 249 g/mol. The van der Waals surface area contributed by atoms with Gasteiger partial charge in [0.15, 0.2) is 5.82 Å². The summed E-state index contributed by atoms with van der Waals surface area (Å²) in [7, 11) is -3.74. The summed E-state index contributed by atoms with van der Waals surface area (Å²) >= 11 is 0. The topological polar surface area (TPSA) is 93.1 Å². The second kappa shape index (κ2) is 4.05. The van der Waals surface area contributed by atoms with Gasteiger partial charge in [-0.05, 0) is 18.0 Å². The largest absolute Gasteiger partial charge is 0.859 e. The quantitative estimate of drug-likeness (QED) is 0.584. The highest BCUT2D eigenvalue weighted by atomic mass is 32.2. The number of anilines is 1. The molecule has 5 nitrogen and oxygen atoms in total. The summed E-state index contributed by atoms with van der Waals surface area (Å²) in [5.74, 6) is -4.17. The van der Waals surface area contributed by atoms with Crippen LogP contribution in [0.2, 0.25) is 0 Å². The smallest absolute Gasteiger partial charge is 0.229 e. The lowest BCUT2D eigenvalue weighted by Gasteiger charge is -2.13. The summed E-state index contributed by atoms with van der Waals surface area (Å²) < 4.78 is 49.8. The number of sulfonamides is 1. The molecule has 0 atom stereocenters. The van der Waals surface area contributed by atoms with Crippen LogP contribution in [0.25, 0.3) is 0 Å². The van der Waals surface area contributed by atoms with Crippen LogP contribution < -0.4 is 9.83 Å². The van der Waals surface area contributed by atoms with Crippen LogP contribution in [0.5, 0.6) is 0 Å². The Labute approximate surface area is 90.3 Å². The second-order valence-electron chi connectivity index (χ2n) is 2.99. The fourth-order valence-electron chi connectivity index (χ4n) is 1.04. The SMILES string of the molecule is CS(=O)(=O)Nc1ccc(F)c(C(=N)[O-])c1F. The maximum absolute atomic E-state index is 13.4. The molecule has 0 aliphatic carbocycles. The molecule has 2 N–H and O–H groups in total. The predicted molar refractivity (Wildman–Crippen MR) is 51.7 cm³/mol. The first-order valence-electron chi connectivity index (χ1n) is 3.94. The van der Waals surface area contributed by atoms with Crippen LogP contribution in [-0.4, -0.2) is 20.6 Å². The van der Waals surface area contributed by atoms with Crippen molar-refractivity contribution in [3.63, 3.8) is 0 Å². The van der Waals surface area contributed by atoms with Gasteiger partial charge < -0.3 is 10.5 Å². The van der Waals surface area contributed by atoms with Gasteiger partial charge in [-0.3, -0.25) is 4.72 Å². The Hall–Kier alpha value is -1.70. The Kier molecular flexibility index (Phi) is 3.13. The first-order chi connectivity index (χ1) is 7.22. The van der Waals surface area contributed by atoms with Gasteiger partial charge in [0.1, 0.15) is 5.82 Å². The van der Waals surface area contributed by atoms with E-state index >= 15 is 0 Å². The molecule has 8 heteroatoms. The van der Waals surface area contributed by atoms with E-state index in [0.29, 0.717) is 6.07 Å². The molecule has 0 aliphatic heterocycles. The fourth-order valence-corrected chi connectivity index (χ4v) is 1.60. The molecule has 0 spiro atoms. The van der Waals surface area contributed by atoms with Gasteiger partial charge >= 0.3 is 0 Å². The van der Waals surface area contributed by atoms with Crippen LogP contribution in [0.15, 0.2) is 12.1 Å². The number of benzene rings is 1. The summed E-state index contributed by atoms with van der Waals surface area (Å²) in [6.07, 6.45) is 0.776. The molecule has 0 aliphatic rings. The normalized spacial score (nSPS) is 11.2. The van der Waals surface area contributed by atoms with E-state index in [9.17, 15) is 22.3 Å². The van der Waals surface area contributed by atoms with E-state index in [1.807, 2.05) is 0 Å². The molecule has 0 saturated carbocycles. The van der Waals surface area contributed by atoms with Crippen LogP contribution in [-0.2, 0) is 10.0 Å². The van der Waals surface area contributed by atoms with Crippen LogP contribution >= 0.6 is 0 Å². The van der Waals surface area contributed by atoms with Gasteiger partial charge in [-0.1, -0.05) is 0 Å². The summed E-state index contributed by atoms with van der Waals surface area (Å²) in [5, 5.41) is 17.2. The van der Waals surface area contributed by atoms with E-state index in [0.717, 1.165) is 12.3 Å². The van der Waals surface area contributed by atoms with Gasteiger partial charge in [0.05, 0.1) is 17.5 Å². The Balaban J connectivity index is 3.35. The van der Waals surface area contributed by atoms with E-state index in [1.54, 1.807) is 4.72 Å². The number of halogens is 2. The summed E-state index contributed by atoms with van der Waals surface area (Å²) in [4.78, 5) is 0. The molecule has 0 radical (unpaired) electrons. The predicted octanol–water partition coefficient (Wildman–Crippen LogP) is 0.0220. The number of hydrogen-bond acceptors (Lipinski definition) is 4. The highest BCUT2D eigenvalue weighted by Gasteiger charge is 2.15. The summed E-state index contributed by atoms with van der Waals surface area (Å²) in [6, 6.07) is 1.54. The molecule has 0 fully saturated rings. The van der Waals surface area contributed by atoms with E-state index in [1.165, 1.54) is 0 Å². The van der Waals surface area contributed by atoms with Crippen molar-refractivity contribution in [3.05, 3.63) is 29.3 Å². The van der Waals surface area contributed by atoms with Crippen LogP contribution in [0.1, 0.15) is 5.56 Å². The first kappa shape index (κ1) is 12.4. The lowest BCUT2D eigenvalue weighted by atomic mass is 10.1. The lowest BCUT2D eigenvalue weighted by molar-refractivity contribution is -0.215. The van der Waals surface area contributed by atoms with Gasteiger partial charge in [-0.2, -0.15) is 0 Å². The lowest BCUT2D eigenvalue weighted by Crippen LogP contribution is -2.22. The fraction of sp³-hybridized carbons (Fsp3) is 0.125. The molecule has 1 aromatic rings. The van der Waals surface area contributed by atoms with Crippen molar-refractivity contribution < 1.29 is 22.3 Å². The van der Waals surface area contributed by atoms with Gasteiger partial charge in [0.25, 0.3) is 0 Å². The number of hydrogen-bond donors (Lipinski definition) is 2. The standard InChI is InChI=1S/C8H8F2N2O3S/c1-16(14,15)12-5-3-2-4(9)6(7(5)10)8(11)13/h2-3,12H,1H3,(H2,11,13)/p-1. The Morgan fingerprint density at radius 3 is 2.44 bits per heavy atom. The van der Waals surface area contributed by atoms with Crippen molar-refractivity contribution in [2.24, 2.45) is 0 Å². The second-order valence-corrected chi connectivity index (χ2v) is 4.74. The average Bonchev–Trinajstić information content (AvgIpc) is 2.07. The molecular weight excluding hydrogens is 242 g/mol. The Bertz CT molecular complexity index is 542. The molecule has 1 aromatic carbocycles. The highest BCUT2D eigenvalue weighted by Crippen LogP contribution is 2.21. The third-order valence-corrected chi connectivity index (χ3v) is 2.20. The molecule has 0 saturated heterocycles. The van der Waals surface area contributed by atoms with E-state index < -0.39 is 38.8 Å². The molecule has 0 bridgehead atoms. The minimum Gasteiger partial charge on any atom is -0.859 e. The average molecular weight is 249 g/mol. The van der Waals surface area contributed by atoms with Crippen molar-refractivity contribution in [1.82, 2.24) is 0 Å². The Morgan fingerprint density at radius 1 is 1.44 bits per heavy atom. The molecule has 88 valence electrons. The van der Waals surface area contributed by atoms with Gasteiger partial charge in [-0.15, -0.1) is 0 Å². The zero-order valence-corrected chi connectivity index (χ0v) is 8.86. The van der Waals surface area contributed by atoms with Crippen LogP contribution in [0.4, 0.5) is 14.5 Å². The van der Waals surface area contributed by atoms with Crippen LogP contribution in [0.3, 0.4) is 0 Å². The zero-order valence-electron chi connectivity index (χ0n) is 8.04. The zero-order chi connectivity index (χ0) is 12.5. The van der Waals surface area contributed by atoms with Gasteiger partial charge in [-0.25, -0.2) is 17.2 Å².